The van der Waals surface area contributed by atoms with Crippen LogP contribution in [0.4, 0.5) is 0 Å². The van der Waals surface area contributed by atoms with E-state index in [1.54, 1.807) is 0 Å². The van der Waals surface area contributed by atoms with Crippen LogP contribution in [0.5, 0.6) is 11.5 Å². The molecule has 138 valence electrons. The molecular weight excluding hydrogens is 324 g/mol. The van der Waals surface area contributed by atoms with Gasteiger partial charge in [-0.2, -0.15) is 0 Å². The molecule has 0 aliphatic heterocycles. The van der Waals surface area contributed by atoms with Gasteiger partial charge in [-0.3, -0.25) is 0 Å². The SMILES string of the molecule is CCOc1cc(CNCCCN(CC)CC)c(Cl)cc1OC(C)C. The minimum Gasteiger partial charge on any atom is -0.490 e. The molecule has 1 aromatic rings. The highest BCUT2D eigenvalue weighted by molar-refractivity contribution is 6.31. The van der Waals surface area contributed by atoms with E-state index in [-0.39, 0.29) is 6.10 Å². The van der Waals surface area contributed by atoms with Crippen molar-refractivity contribution in [3.63, 3.8) is 0 Å². The molecule has 24 heavy (non-hydrogen) atoms. The van der Waals surface area contributed by atoms with Crippen molar-refractivity contribution in [2.24, 2.45) is 0 Å². The van der Waals surface area contributed by atoms with Crippen LogP contribution in [0.2, 0.25) is 5.02 Å². The lowest BCUT2D eigenvalue weighted by atomic mass is 10.2. The van der Waals surface area contributed by atoms with Crippen molar-refractivity contribution in [3.8, 4) is 11.5 Å². The Morgan fingerprint density at radius 3 is 2.42 bits per heavy atom. The van der Waals surface area contributed by atoms with Crippen LogP contribution in [-0.2, 0) is 6.54 Å². The van der Waals surface area contributed by atoms with Crippen LogP contribution >= 0.6 is 11.6 Å². The molecule has 1 aromatic carbocycles. The molecule has 0 fully saturated rings. The van der Waals surface area contributed by atoms with Crippen molar-refractivity contribution in [2.45, 2.75) is 53.7 Å². The quantitative estimate of drug-likeness (QED) is 0.564. The smallest absolute Gasteiger partial charge is 0.163 e. The minimum atomic E-state index is 0.0873. The third kappa shape index (κ3) is 7.29. The fraction of sp³-hybridized carbons (Fsp3) is 0.684. The van der Waals surface area contributed by atoms with Crippen molar-refractivity contribution in [1.29, 1.82) is 0 Å². The normalized spacial score (nSPS) is 11.3. The molecule has 0 unspecified atom stereocenters. The van der Waals surface area contributed by atoms with Crippen molar-refractivity contribution < 1.29 is 9.47 Å². The van der Waals surface area contributed by atoms with Gasteiger partial charge in [-0.1, -0.05) is 25.4 Å². The maximum Gasteiger partial charge on any atom is 0.163 e. The number of halogens is 1. The Labute approximate surface area is 152 Å². The molecule has 0 radical (unpaired) electrons. The maximum absolute atomic E-state index is 6.41. The van der Waals surface area contributed by atoms with Crippen LogP contribution in [0.3, 0.4) is 0 Å². The molecule has 1 rings (SSSR count). The lowest BCUT2D eigenvalue weighted by Crippen LogP contribution is -2.27. The monoisotopic (exact) mass is 356 g/mol. The van der Waals surface area contributed by atoms with Gasteiger partial charge in [0.15, 0.2) is 11.5 Å². The van der Waals surface area contributed by atoms with Gasteiger partial charge in [0.1, 0.15) is 0 Å². The second-order valence-electron chi connectivity index (χ2n) is 6.05. The van der Waals surface area contributed by atoms with Crippen molar-refractivity contribution in [3.05, 3.63) is 22.7 Å². The first-order valence-corrected chi connectivity index (χ1v) is 9.44. The molecule has 0 amide bonds. The molecule has 5 heteroatoms. The Hall–Kier alpha value is -0.970. The largest absolute Gasteiger partial charge is 0.490 e. The van der Waals surface area contributed by atoms with Crippen LogP contribution in [0.15, 0.2) is 12.1 Å². The van der Waals surface area contributed by atoms with Crippen LogP contribution in [0.25, 0.3) is 0 Å². The van der Waals surface area contributed by atoms with Gasteiger partial charge in [-0.05, 0) is 65.0 Å². The lowest BCUT2D eigenvalue weighted by Gasteiger charge is -2.18. The summed E-state index contributed by atoms with van der Waals surface area (Å²) in [5.74, 6) is 1.47. The molecular formula is C19H33ClN2O2. The number of rotatable bonds is 12. The second kappa shape index (κ2) is 11.6. The molecule has 1 N–H and O–H groups in total. The summed E-state index contributed by atoms with van der Waals surface area (Å²) in [5.41, 5.74) is 1.04. The summed E-state index contributed by atoms with van der Waals surface area (Å²) in [5, 5.41) is 4.18. The molecule has 4 nitrogen and oxygen atoms in total. The van der Waals surface area contributed by atoms with E-state index in [1.165, 1.54) is 0 Å². The summed E-state index contributed by atoms with van der Waals surface area (Å²) >= 11 is 6.41. The first kappa shape index (κ1) is 21.1. The molecule has 0 aliphatic carbocycles. The number of hydrogen-bond donors (Lipinski definition) is 1. The van der Waals surface area contributed by atoms with Crippen LogP contribution in [-0.4, -0.2) is 43.8 Å². The minimum absolute atomic E-state index is 0.0873. The average Bonchev–Trinajstić information content (AvgIpc) is 2.54. The zero-order valence-electron chi connectivity index (χ0n) is 15.8. The second-order valence-corrected chi connectivity index (χ2v) is 6.45. The van der Waals surface area contributed by atoms with E-state index < -0.39 is 0 Å². The zero-order chi connectivity index (χ0) is 17.9. The van der Waals surface area contributed by atoms with Gasteiger partial charge >= 0.3 is 0 Å². The molecule has 0 aromatic heterocycles. The Bertz CT molecular complexity index is 477. The molecule has 0 saturated heterocycles. The van der Waals surface area contributed by atoms with Crippen molar-refractivity contribution in [1.82, 2.24) is 10.2 Å². The highest BCUT2D eigenvalue weighted by Crippen LogP contribution is 2.34. The van der Waals surface area contributed by atoms with Gasteiger partial charge < -0.3 is 19.7 Å². The van der Waals surface area contributed by atoms with Gasteiger partial charge in [-0.15, -0.1) is 0 Å². The number of nitrogens with zero attached hydrogens (tertiary/aromatic N) is 1. The molecule has 0 aliphatic rings. The Morgan fingerprint density at radius 2 is 1.83 bits per heavy atom. The Kier molecular flexibility index (Phi) is 10.2. The van der Waals surface area contributed by atoms with Gasteiger partial charge in [0.2, 0.25) is 0 Å². The summed E-state index contributed by atoms with van der Waals surface area (Å²) in [6.45, 7) is 16.0. The number of benzene rings is 1. The highest BCUT2D eigenvalue weighted by atomic mass is 35.5. The first-order valence-electron chi connectivity index (χ1n) is 9.06. The van der Waals surface area contributed by atoms with E-state index >= 15 is 0 Å². The fourth-order valence-electron chi connectivity index (χ4n) is 2.52. The van der Waals surface area contributed by atoms with Gasteiger partial charge in [0.05, 0.1) is 12.7 Å². The molecule has 0 saturated carbocycles. The molecule has 0 heterocycles. The molecule has 0 bridgehead atoms. The summed E-state index contributed by atoms with van der Waals surface area (Å²) in [6.07, 6.45) is 1.22. The van der Waals surface area contributed by atoms with E-state index in [0.717, 1.165) is 50.5 Å². The van der Waals surface area contributed by atoms with Gasteiger partial charge in [-0.25, -0.2) is 0 Å². The summed E-state index contributed by atoms with van der Waals surface area (Å²) < 4.78 is 11.5. The lowest BCUT2D eigenvalue weighted by molar-refractivity contribution is 0.223. The third-order valence-electron chi connectivity index (χ3n) is 3.81. The zero-order valence-corrected chi connectivity index (χ0v) is 16.6. The average molecular weight is 357 g/mol. The predicted molar refractivity (Wildman–Crippen MR) is 102 cm³/mol. The van der Waals surface area contributed by atoms with E-state index in [9.17, 15) is 0 Å². The number of nitrogens with one attached hydrogen (secondary N) is 1. The summed E-state index contributed by atoms with van der Waals surface area (Å²) in [6, 6.07) is 3.85. The predicted octanol–water partition coefficient (Wildman–Crippen LogP) is 4.35. The third-order valence-corrected chi connectivity index (χ3v) is 4.16. The van der Waals surface area contributed by atoms with E-state index in [0.29, 0.717) is 17.4 Å². The summed E-state index contributed by atoms with van der Waals surface area (Å²) in [7, 11) is 0. The van der Waals surface area contributed by atoms with Crippen LogP contribution in [0, 0.1) is 0 Å². The van der Waals surface area contributed by atoms with Crippen LogP contribution < -0.4 is 14.8 Å². The number of ether oxygens (including phenoxy) is 2. The topological polar surface area (TPSA) is 33.7 Å². The Morgan fingerprint density at radius 1 is 1.12 bits per heavy atom. The van der Waals surface area contributed by atoms with E-state index in [4.69, 9.17) is 21.1 Å². The Balaban J connectivity index is 2.59. The first-order chi connectivity index (χ1) is 11.5. The van der Waals surface area contributed by atoms with Gasteiger partial charge in [0.25, 0.3) is 0 Å². The standard InChI is InChI=1S/C19H33ClN2O2/c1-6-22(7-2)11-9-10-21-14-16-12-18(23-8-3)19(13-17(16)20)24-15(4)5/h12-13,15,21H,6-11,14H2,1-5H3. The van der Waals surface area contributed by atoms with E-state index in [2.05, 4.69) is 24.1 Å². The van der Waals surface area contributed by atoms with Gasteiger partial charge in [0, 0.05) is 17.6 Å². The molecule has 0 atom stereocenters. The summed E-state index contributed by atoms with van der Waals surface area (Å²) in [4.78, 5) is 2.43. The van der Waals surface area contributed by atoms with Crippen molar-refractivity contribution >= 4 is 11.6 Å². The molecule has 0 spiro atoms. The maximum atomic E-state index is 6.41. The van der Waals surface area contributed by atoms with Crippen LogP contribution in [0.1, 0.15) is 46.6 Å². The van der Waals surface area contributed by atoms with E-state index in [1.807, 2.05) is 32.9 Å². The highest BCUT2D eigenvalue weighted by Gasteiger charge is 2.12. The van der Waals surface area contributed by atoms with Crippen molar-refractivity contribution in [2.75, 3.05) is 32.8 Å². The fourth-order valence-corrected chi connectivity index (χ4v) is 2.74. The number of hydrogen-bond acceptors (Lipinski definition) is 4.